The molecule has 0 aromatic carbocycles. The first-order chi connectivity index (χ1) is 9.08. The van der Waals surface area contributed by atoms with Gasteiger partial charge in [0.05, 0.1) is 5.69 Å². The highest BCUT2D eigenvalue weighted by Gasteiger charge is 2.36. The van der Waals surface area contributed by atoms with Crippen molar-refractivity contribution in [1.82, 2.24) is 9.97 Å². The number of rotatable bonds is 2. The molecule has 0 saturated carbocycles. The van der Waals surface area contributed by atoms with Crippen LogP contribution in [0.3, 0.4) is 0 Å². The number of nitrogens with zero attached hydrogens (tertiary/aromatic N) is 2. The average molecular weight is 273 g/mol. The van der Waals surface area contributed by atoms with E-state index in [-0.39, 0.29) is 10.6 Å². The van der Waals surface area contributed by atoms with Crippen molar-refractivity contribution in [2.75, 3.05) is 5.32 Å². The number of pyridine rings is 2. The van der Waals surface area contributed by atoms with Crippen LogP contribution in [0, 0.1) is 0 Å². The number of thioether (sulfide) groups is 1. The van der Waals surface area contributed by atoms with Crippen LogP contribution in [0.4, 0.5) is 5.69 Å². The number of carboxylic acid groups (broad SMARTS) is 1. The molecule has 1 aliphatic rings. The van der Waals surface area contributed by atoms with E-state index in [1.54, 1.807) is 18.5 Å². The van der Waals surface area contributed by atoms with Crippen LogP contribution in [0.25, 0.3) is 0 Å². The standard InChI is InChI=1S/C13H11N3O2S/c1-13(8-3-2-6-14-7-8)16-9-4-5-10(12(17)18)15-11(9)19-13/h2-7,16H,1H3,(H,17,18). The lowest BCUT2D eigenvalue weighted by Gasteiger charge is -2.23. The summed E-state index contributed by atoms with van der Waals surface area (Å²) in [5.41, 5.74) is 1.93. The van der Waals surface area contributed by atoms with Gasteiger partial charge in [0.25, 0.3) is 0 Å². The average Bonchev–Trinajstić information content (AvgIpc) is 2.76. The molecule has 96 valence electrons. The number of hydrogen-bond donors (Lipinski definition) is 2. The summed E-state index contributed by atoms with van der Waals surface area (Å²) in [6, 6.07) is 7.11. The minimum atomic E-state index is -1.02. The highest BCUT2D eigenvalue weighted by atomic mass is 32.2. The van der Waals surface area contributed by atoms with E-state index in [1.165, 1.54) is 17.8 Å². The summed E-state index contributed by atoms with van der Waals surface area (Å²) in [5, 5.41) is 13.0. The van der Waals surface area contributed by atoms with Crippen LogP contribution in [0.2, 0.25) is 0 Å². The van der Waals surface area contributed by atoms with E-state index in [2.05, 4.69) is 15.3 Å². The SMILES string of the molecule is CC1(c2cccnc2)Nc2ccc(C(=O)O)nc2S1. The topological polar surface area (TPSA) is 75.1 Å². The smallest absolute Gasteiger partial charge is 0.354 e. The summed E-state index contributed by atoms with van der Waals surface area (Å²) in [4.78, 5) is 18.8. The molecule has 0 bridgehead atoms. The third-order valence-electron chi connectivity index (χ3n) is 2.97. The number of aromatic carboxylic acids is 1. The Hall–Kier alpha value is -2.08. The van der Waals surface area contributed by atoms with Gasteiger partial charge in [0.1, 0.15) is 15.6 Å². The van der Waals surface area contributed by atoms with Gasteiger partial charge in [-0.15, -0.1) is 0 Å². The van der Waals surface area contributed by atoms with E-state index in [4.69, 9.17) is 5.11 Å². The van der Waals surface area contributed by atoms with Crippen molar-refractivity contribution in [1.29, 1.82) is 0 Å². The predicted octanol–water partition coefficient (Wildman–Crippen LogP) is 2.57. The number of carbonyl (C=O) groups is 1. The van der Waals surface area contributed by atoms with E-state index in [0.29, 0.717) is 5.03 Å². The second-order valence-corrected chi connectivity index (χ2v) is 5.76. The molecule has 0 radical (unpaired) electrons. The van der Waals surface area contributed by atoms with Crippen LogP contribution in [0.1, 0.15) is 23.0 Å². The quantitative estimate of drug-likeness (QED) is 0.876. The van der Waals surface area contributed by atoms with Gasteiger partial charge in [-0.1, -0.05) is 17.8 Å². The monoisotopic (exact) mass is 273 g/mol. The fourth-order valence-electron chi connectivity index (χ4n) is 1.98. The van der Waals surface area contributed by atoms with Crippen molar-refractivity contribution in [3.63, 3.8) is 0 Å². The normalized spacial score (nSPS) is 20.7. The van der Waals surface area contributed by atoms with Crippen molar-refractivity contribution in [3.05, 3.63) is 47.9 Å². The molecular weight excluding hydrogens is 262 g/mol. The molecule has 5 nitrogen and oxygen atoms in total. The molecular formula is C13H11N3O2S. The largest absolute Gasteiger partial charge is 0.477 e. The van der Waals surface area contributed by atoms with Crippen LogP contribution < -0.4 is 5.32 Å². The van der Waals surface area contributed by atoms with E-state index in [1.807, 2.05) is 19.1 Å². The number of hydrogen-bond acceptors (Lipinski definition) is 5. The minimum Gasteiger partial charge on any atom is -0.477 e. The lowest BCUT2D eigenvalue weighted by atomic mass is 10.1. The number of anilines is 1. The Labute approximate surface area is 114 Å². The molecule has 1 aliphatic heterocycles. The lowest BCUT2D eigenvalue weighted by molar-refractivity contribution is 0.0690. The Balaban J connectivity index is 1.98. The Kier molecular flexibility index (Phi) is 2.67. The number of fused-ring (bicyclic) bond motifs is 1. The molecule has 0 saturated heterocycles. The second kappa shape index (κ2) is 4.24. The molecule has 2 aromatic heterocycles. The zero-order valence-electron chi connectivity index (χ0n) is 10.1. The Morgan fingerprint density at radius 1 is 1.42 bits per heavy atom. The van der Waals surface area contributed by atoms with Crippen LogP contribution in [0.15, 0.2) is 41.7 Å². The molecule has 1 unspecified atom stereocenters. The maximum absolute atomic E-state index is 10.9. The summed E-state index contributed by atoms with van der Waals surface area (Å²) < 4.78 is 0. The minimum absolute atomic E-state index is 0.0588. The molecule has 0 fully saturated rings. The molecule has 6 heteroatoms. The first-order valence-corrected chi connectivity index (χ1v) is 6.52. The summed E-state index contributed by atoms with van der Waals surface area (Å²) in [6.45, 7) is 2.02. The third kappa shape index (κ3) is 2.04. The summed E-state index contributed by atoms with van der Waals surface area (Å²) in [7, 11) is 0. The fourth-order valence-corrected chi connectivity index (χ4v) is 3.14. The summed E-state index contributed by atoms with van der Waals surface area (Å²) >= 11 is 1.50. The molecule has 1 atom stereocenters. The van der Waals surface area contributed by atoms with Crippen LogP contribution >= 0.6 is 11.8 Å². The summed E-state index contributed by atoms with van der Waals surface area (Å²) in [5.74, 6) is -1.02. The fraction of sp³-hybridized carbons (Fsp3) is 0.154. The van der Waals surface area contributed by atoms with E-state index in [9.17, 15) is 4.79 Å². The highest BCUT2D eigenvalue weighted by Crippen LogP contribution is 2.49. The van der Waals surface area contributed by atoms with Crippen molar-refractivity contribution in [2.24, 2.45) is 0 Å². The van der Waals surface area contributed by atoms with Gasteiger partial charge >= 0.3 is 5.97 Å². The molecule has 0 spiro atoms. The summed E-state index contributed by atoms with van der Waals surface area (Å²) in [6.07, 6.45) is 3.52. The number of aromatic nitrogens is 2. The molecule has 0 aliphatic carbocycles. The van der Waals surface area contributed by atoms with Gasteiger partial charge in [-0.25, -0.2) is 9.78 Å². The van der Waals surface area contributed by atoms with E-state index in [0.717, 1.165) is 11.3 Å². The maximum Gasteiger partial charge on any atom is 0.354 e. The Bertz CT molecular complexity index is 648. The van der Waals surface area contributed by atoms with Gasteiger partial charge in [0.15, 0.2) is 0 Å². The highest BCUT2D eigenvalue weighted by molar-refractivity contribution is 8.00. The molecule has 3 heterocycles. The molecule has 2 aromatic rings. The van der Waals surface area contributed by atoms with Gasteiger partial charge in [-0.2, -0.15) is 0 Å². The van der Waals surface area contributed by atoms with Crippen LogP contribution in [-0.2, 0) is 4.87 Å². The van der Waals surface area contributed by atoms with E-state index < -0.39 is 5.97 Å². The zero-order chi connectivity index (χ0) is 13.5. The Morgan fingerprint density at radius 3 is 2.95 bits per heavy atom. The zero-order valence-corrected chi connectivity index (χ0v) is 10.9. The van der Waals surface area contributed by atoms with Gasteiger partial charge in [-0.05, 0) is 25.1 Å². The van der Waals surface area contributed by atoms with Gasteiger partial charge in [0, 0.05) is 18.0 Å². The lowest BCUT2D eigenvalue weighted by Crippen LogP contribution is -2.23. The van der Waals surface area contributed by atoms with Gasteiger partial charge < -0.3 is 10.4 Å². The van der Waals surface area contributed by atoms with Crippen molar-refractivity contribution in [2.45, 2.75) is 16.8 Å². The first kappa shape index (κ1) is 12.0. The Morgan fingerprint density at radius 2 is 2.26 bits per heavy atom. The van der Waals surface area contributed by atoms with Crippen molar-refractivity contribution >= 4 is 23.4 Å². The van der Waals surface area contributed by atoms with Crippen LogP contribution in [0.5, 0.6) is 0 Å². The molecule has 3 rings (SSSR count). The molecule has 0 amide bonds. The predicted molar refractivity (Wildman–Crippen MR) is 72.3 cm³/mol. The van der Waals surface area contributed by atoms with E-state index >= 15 is 0 Å². The van der Waals surface area contributed by atoms with Gasteiger partial charge in [0.2, 0.25) is 0 Å². The maximum atomic E-state index is 10.9. The number of nitrogens with one attached hydrogen (secondary N) is 1. The molecule has 2 N–H and O–H groups in total. The van der Waals surface area contributed by atoms with Crippen molar-refractivity contribution < 1.29 is 9.90 Å². The first-order valence-electron chi connectivity index (χ1n) is 5.70. The van der Waals surface area contributed by atoms with Crippen LogP contribution in [-0.4, -0.2) is 21.0 Å². The second-order valence-electron chi connectivity index (χ2n) is 4.36. The molecule has 19 heavy (non-hydrogen) atoms. The van der Waals surface area contributed by atoms with Crippen molar-refractivity contribution in [3.8, 4) is 0 Å². The van der Waals surface area contributed by atoms with Gasteiger partial charge in [-0.3, -0.25) is 4.98 Å². The third-order valence-corrected chi connectivity index (χ3v) is 4.22. The number of carboxylic acids is 1.